The zero-order valence-electron chi connectivity index (χ0n) is 13.3. The lowest BCUT2D eigenvalue weighted by Crippen LogP contribution is -2.58. The molecule has 2 aliphatic heterocycles. The predicted octanol–water partition coefficient (Wildman–Crippen LogP) is 0.224. The number of piperazine rings is 1. The molecule has 2 aliphatic rings. The van der Waals surface area contributed by atoms with Gasteiger partial charge >= 0.3 is 0 Å². The van der Waals surface area contributed by atoms with Gasteiger partial charge in [-0.25, -0.2) is 0 Å². The van der Waals surface area contributed by atoms with Crippen LogP contribution in [0, 0.1) is 5.41 Å². The van der Waals surface area contributed by atoms with E-state index in [2.05, 4.69) is 10.6 Å². The molecule has 2 fully saturated rings. The van der Waals surface area contributed by atoms with Gasteiger partial charge in [-0.2, -0.15) is 0 Å². The Hall–Kier alpha value is -2.57. The molecular weight excluding hydrogens is 294 g/mol. The average molecular weight is 315 g/mol. The van der Waals surface area contributed by atoms with Crippen molar-refractivity contribution < 1.29 is 9.59 Å². The molecule has 1 aromatic rings. The van der Waals surface area contributed by atoms with Gasteiger partial charge in [0.05, 0.1) is 18.5 Å². The van der Waals surface area contributed by atoms with Gasteiger partial charge in [0.2, 0.25) is 11.8 Å². The average Bonchev–Trinajstić information content (AvgIpc) is 2.53. The minimum atomic E-state index is -0.616. The third-order valence-electron chi connectivity index (χ3n) is 4.50. The van der Waals surface area contributed by atoms with Crippen LogP contribution in [0.3, 0.4) is 0 Å². The Balaban J connectivity index is 1.88. The summed E-state index contributed by atoms with van der Waals surface area (Å²) in [5.74, 6) is 0.0349. The second-order valence-electron chi connectivity index (χ2n) is 6.26. The number of amides is 2. The third kappa shape index (κ3) is 2.86. The molecule has 1 atom stereocenters. The van der Waals surface area contributed by atoms with Crippen molar-refractivity contribution in [2.45, 2.75) is 18.9 Å². The van der Waals surface area contributed by atoms with Crippen molar-refractivity contribution in [3.63, 3.8) is 0 Å². The second-order valence-corrected chi connectivity index (χ2v) is 6.26. The number of nitrogens with zero attached hydrogens (tertiary/aromatic N) is 2. The summed E-state index contributed by atoms with van der Waals surface area (Å²) in [5, 5.41) is 13.9. The van der Waals surface area contributed by atoms with E-state index in [0.29, 0.717) is 13.1 Å². The van der Waals surface area contributed by atoms with Crippen molar-refractivity contribution in [3.05, 3.63) is 29.8 Å². The van der Waals surface area contributed by atoms with E-state index in [1.807, 2.05) is 36.1 Å². The molecule has 0 aliphatic carbocycles. The van der Waals surface area contributed by atoms with Crippen molar-refractivity contribution in [1.82, 2.24) is 15.5 Å². The van der Waals surface area contributed by atoms with Gasteiger partial charge in [-0.15, -0.1) is 0 Å². The summed E-state index contributed by atoms with van der Waals surface area (Å²) >= 11 is 0. The quantitative estimate of drug-likeness (QED) is 0.729. The van der Waals surface area contributed by atoms with E-state index in [1.165, 1.54) is 4.90 Å². The third-order valence-corrected chi connectivity index (χ3v) is 4.50. The van der Waals surface area contributed by atoms with Gasteiger partial charge in [0, 0.05) is 25.8 Å². The number of guanidine groups is 1. The first-order chi connectivity index (χ1) is 10.9. The normalized spacial score (nSPS) is 25.2. The van der Waals surface area contributed by atoms with Crippen LogP contribution in [0.2, 0.25) is 0 Å². The lowest BCUT2D eigenvalue weighted by atomic mass is 9.86. The van der Waals surface area contributed by atoms with Gasteiger partial charge < -0.3 is 15.5 Å². The summed E-state index contributed by atoms with van der Waals surface area (Å²) in [7, 11) is 1.60. The fraction of sp³-hybridized carbons (Fsp3) is 0.438. The highest BCUT2D eigenvalue weighted by Crippen LogP contribution is 2.31. The van der Waals surface area contributed by atoms with Gasteiger partial charge in [0.1, 0.15) is 0 Å². The van der Waals surface area contributed by atoms with Crippen LogP contribution < -0.4 is 15.5 Å². The van der Waals surface area contributed by atoms with Gasteiger partial charge in [-0.1, -0.05) is 12.1 Å². The molecule has 0 saturated carbocycles. The van der Waals surface area contributed by atoms with Crippen LogP contribution in [-0.4, -0.2) is 49.4 Å². The molecular formula is C16H21N5O2. The first-order valence-corrected chi connectivity index (χ1v) is 7.64. The number of benzene rings is 1. The Morgan fingerprint density at radius 3 is 2.78 bits per heavy atom. The van der Waals surface area contributed by atoms with E-state index in [-0.39, 0.29) is 24.2 Å². The number of carbonyl (C=O) groups is 2. The fourth-order valence-corrected chi connectivity index (χ4v) is 3.01. The molecule has 122 valence electrons. The van der Waals surface area contributed by atoms with Crippen LogP contribution in [-0.2, 0) is 15.1 Å². The van der Waals surface area contributed by atoms with Crippen LogP contribution >= 0.6 is 0 Å². The summed E-state index contributed by atoms with van der Waals surface area (Å²) in [6.07, 6.45) is 0.288. The van der Waals surface area contributed by atoms with Crippen LogP contribution in [0.25, 0.3) is 0 Å². The van der Waals surface area contributed by atoms with Gasteiger partial charge in [0.25, 0.3) is 0 Å². The molecule has 0 unspecified atom stereocenters. The first-order valence-electron chi connectivity index (χ1n) is 7.64. The molecule has 7 heteroatoms. The lowest BCUT2D eigenvalue weighted by molar-refractivity contribution is -0.129. The molecule has 2 heterocycles. The summed E-state index contributed by atoms with van der Waals surface area (Å²) < 4.78 is 0. The molecule has 2 amide bonds. The number of hydrogen-bond acceptors (Lipinski definition) is 4. The molecule has 0 radical (unpaired) electrons. The topological polar surface area (TPSA) is 88.5 Å². The monoisotopic (exact) mass is 315 g/mol. The zero-order chi connectivity index (χ0) is 16.6. The van der Waals surface area contributed by atoms with Gasteiger partial charge in [-0.3, -0.25) is 19.9 Å². The highest BCUT2D eigenvalue weighted by atomic mass is 16.2. The smallest absolute Gasteiger partial charge is 0.239 e. The maximum atomic E-state index is 12.1. The summed E-state index contributed by atoms with van der Waals surface area (Å²) in [6, 6.07) is 7.84. The molecule has 1 aromatic carbocycles. The van der Waals surface area contributed by atoms with Crippen molar-refractivity contribution >= 4 is 23.5 Å². The lowest BCUT2D eigenvalue weighted by Gasteiger charge is -2.40. The molecule has 23 heavy (non-hydrogen) atoms. The fourth-order valence-electron chi connectivity index (χ4n) is 3.01. The standard InChI is InChI=1S/C16H21N5O2/c1-16(9-14(23)20(2)15(17)19-16)11-4-3-5-12(8-11)21-7-6-18-13(22)10-21/h3-5,8H,6-7,9-10H2,1-2H3,(H2,17,19)(H,18,22)/t16-/m0/s1. The number of rotatable bonds is 2. The maximum absolute atomic E-state index is 12.1. The molecule has 0 spiro atoms. The second kappa shape index (κ2) is 5.57. The van der Waals surface area contributed by atoms with Crippen LogP contribution in [0.4, 0.5) is 5.69 Å². The molecule has 0 bridgehead atoms. The van der Waals surface area contributed by atoms with E-state index >= 15 is 0 Å². The van der Waals surface area contributed by atoms with E-state index in [9.17, 15) is 9.59 Å². The molecule has 7 nitrogen and oxygen atoms in total. The summed E-state index contributed by atoms with van der Waals surface area (Å²) in [5.41, 5.74) is 1.28. The highest BCUT2D eigenvalue weighted by molar-refractivity contribution is 5.98. The summed E-state index contributed by atoms with van der Waals surface area (Å²) in [6.45, 7) is 3.66. The molecule has 0 aromatic heterocycles. The maximum Gasteiger partial charge on any atom is 0.239 e. The largest absolute Gasteiger partial charge is 0.360 e. The minimum absolute atomic E-state index is 0.0160. The number of hydrogen-bond donors (Lipinski definition) is 3. The van der Waals surface area contributed by atoms with Crippen molar-refractivity contribution in [2.75, 3.05) is 31.6 Å². The first kappa shape index (κ1) is 15.3. The minimum Gasteiger partial charge on any atom is -0.360 e. The molecule has 3 N–H and O–H groups in total. The molecule has 3 rings (SSSR count). The Bertz CT molecular complexity index is 654. The SMILES string of the molecule is CN1C(=N)N[C@](C)(c2cccc(N3CCNC(=O)C3)c2)CC1=O. The predicted molar refractivity (Wildman–Crippen MR) is 87.3 cm³/mol. The number of nitrogens with one attached hydrogen (secondary N) is 3. The molecule has 2 saturated heterocycles. The highest BCUT2D eigenvalue weighted by Gasteiger charge is 2.38. The van der Waals surface area contributed by atoms with Gasteiger partial charge in [-0.05, 0) is 24.6 Å². The zero-order valence-corrected chi connectivity index (χ0v) is 13.3. The Morgan fingerprint density at radius 2 is 2.09 bits per heavy atom. The Kier molecular flexibility index (Phi) is 3.71. The van der Waals surface area contributed by atoms with Crippen molar-refractivity contribution in [1.29, 1.82) is 5.41 Å². The number of carbonyl (C=O) groups excluding carboxylic acids is 2. The van der Waals surface area contributed by atoms with Crippen LogP contribution in [0.1, 0.15) is 18.9 Å². The van der Waals surface area contributed by atoms with E-state index in [0.717, 1.165) is 17.8 Å². The van der Waals surface area contributed by atoms with Crippen LogP contribution in [0.15, 0.2) is 24.3 Å². The number of anilines is 1. The van der Waals surface area contributed by atoms with E-state index in [4.69, 9.17) is 5.41 Å². The van der Waals surface area contributed by atoms with Crippen molar-refractivity contribution in [3.8, 4) is 0 Å². The van der Waals surface area contributed by atoms with E-state index < -0.39 is 5.54 Å². The Labute approximate surface area is 135 Å². The van der Waals surface area contributed by atoms with Gasteiger partial charge in [0.15, 0.2) is 5.96 Å². The Morgan fingerprint density at radius 1 is 1.30 bits per heavy atom. The van der Waals surface area contributed by atoms with Crippen molar-refractivity contribution in [2.24, 2.45) is 0 Å². The van der Waals surface area contributed by atoms with E-state index in [1.54, 1.807) is 7.05 Å². The summed E-state index contributed by atoms with van der Waals surface area (Å²) in [4.78, 5) is 27.0. The van der Waals surface area contributed by atoms with Crippen LogP contribution in [0.5, 0.6) is 0 Å².